The number of esters is 1. The van der Waals surface area contributed by atoms with Crippen molar-refractivity contribution in [2.75, 3.05) is 6.61 Å². The zero-order chi connectivity index (χ0) is 16.1. The summed E-state index contributed by atoms with van der Waals surface area (Å²) in [6, 6.07) is 1.61. The molecule has 0 saturated heterocycles. The van der Waals surface area contributed by atoms with Crippen LogP contribution in [0.25, 0.3) is 0 Å². The molecule has 5 nitrogen and oxygen atoms in total. The van der Waals surface area contributed by atoms with Crippen LogP contribution in [0.2, 0.25) is 5.15 Å². The van der Waals surface area contributed by atoms with E-state index in [1.54, 1.807) is 19.2 Å². The molecule has 0 bridgehead atoms. The van der Waals surface area contributed by atoms with Gasteiger partial charge in [0.15, 0.2) is 0 Å². The van der Waals surface area contributed by atoms with Crippen molar-refractivity contribution in [2.45, 2.75) is 19.9 Å². The van der Waals surface area contributed by atoms with E-state index in [9.17, 15) is 13.6 Å². The van der Waals surface area contributed by atoms with Crippen LogP contribution in [0.4, 0.5) is 8.78 Å². The van der Waals surface area contributed by atoms with Gasteiger partial charge in [0.25, 0.3) is 0 Å². The van der Waals surface area contributed by atoms with Gasteiger partial charge < -0.3 is 0 Å². The molecule has 0 amide bonds. The van der Waals surface area contributed by atoms with E-state index in [0.717, 1.165) is 8.70 Å². The Labute approximate surface area is 137 Å². The van der Waals surface area contributed by atoms with Crippen LogP contribution in [0, 0.1) is 0 Å². The summed E-state index contributed by atoms with van der Waals surface area (Å²) in [7, 11) is 0. The molecule has 0 aliphatic carbocycles. The van der Waals surface area contributed by atoms with Gasteiger partial charge in [-0.05, 0) is 0 Å². The second-order valence-electron chi connectivity index (χ2n) is 4.24. The number of hydrogen-bond donors (Lipinski definition) is 0. The summed E-state index contributed by atoms with van der Waals surface area (Å²) in [6.45, 7) is 1.52. The summed E-state index contributed by atoms with van der Waals surface area (Å²) in [5, 5.41) is 4.16. The van der Waals surface area contributed by atoms with Gasteiger partial charge >= 0.3 is 137 Å². The summed E-state index contributed by atoms with van der Waals surface area (Å²) in [5.74, 6) is -0.467. The molecule has 0 radical (unpaired) electrons. The fourth-order valence-electron chi connectivity index (χ4n) is 1.73. The Morgan fingerprint density at radius 1 is 1.50 bits per heavy atom. The van der Waals surface area contributed by atoms with Crippen LogP contribution < -0.4 is 8.70 Å². The molecule has 2 aromatic rings. The van der Waals surface area contributed by atoms with E-state index in [4.69, 9.17) is 16.3 Å². The van der Waals surface area contributed by atoms with Crippen molar-refractivity contribution in [3.8, 4) is 0 Å². The van der Waals surface area contributed by atoms with Gasteiger partial charge in [-0.2, -0.15) is 0 Å². The van der Waals surface area contributed by atoms with Crippen LogP contribution >= 0.6 is 11.6 Å². The standard InChI is InChI=1S/C13H13AsClF2N3O2/c1-2-22-13(21)9-5-18-11(15)3-10(9)14-8-4-19-20(6-8)7-12(16)17/h3-6,12,14H,2,7H2,1H3. The Morgan fingerprint density at radius 3 is 2.95 bits per heavy atom. The van der Waals surface area contributed by atoms with Crippen molar-refractivity contribution in [3.63, 3.8) is 0 Å². The Balaban J connectivity index is 2.22. The second-order valence-corrected chi connectivity index (χ2v) is 7.49. The first kappa shape index (κ1) is 16.9. The average molecular weight is 392 g/mol. The monoisotopic (exact) mass is 391 g/mol. The predicted molar refractivity (Wildman–Crippen MR) is 79.9 cm³/mol. The summed E-state index contributed by atoms with van der Waals surface area (Å²) in [6.07, 6.45) is 2.02. The maximum atomic E-state index is 12.3. The molecule has 0 saturated carbocycles. The Bertz CT molecular complexity index is 666. The van der Waals surface area contributed by atoms with Crippen molar-refractivity contribution < 1.29 is 18.3 Å². The van der Waals surface area contributed by atoms with E-state index in [0.29, 0.717) is 5.56 Å². The summed E-state index contributed by atoms with van der Waals surface area (Å²) in [5.41, 5.74) is 0.354. The van der Waals surface area contributed by atoms with E-state index in [1.165, 1.54) is 17.1 Å². The van der Waals surface area contributed by atoms with Gasteiger partial charge in [0.05, 0.1) is 0 Å². The molecular formula is C13H13AsClF2N3O2. The quantitative estimate of drug-likeness (QED) is 0.414. The van der Waals surface area contributed by atoms with Crippen LogP contribution in [0.1, 0.15) is 17.3 Å². The number of carbonyl (C=O) groups excluding carboxylic acids is 1. The first-order valence-corrected chi connectivity index (χ1v) is 8.87. The summed E-state index contributed by atoms with van der Waals surface area (Å²) >= 11 is 4.91. The number of ether oxygens (including phenoxy) is 1. The number of nitrogens with zero attached hydrogens (tertiary/aromatic N) is 3. The van der Waals surface area contributed by atoms with Crippen LogP contribution in [-0.2, 0) is 11.3 Å². The molecule has 2 rings (SSSR count). The van der Waals surface area contributed by atoms with Gasteiger partial charge in [-0.25, -0.2) is 0 Å². The number of alkyl halides is 2. The molecule has 0 aliphatic heterocycles. The van der Waals surface area contributed by atoms with E-state index in [2.05, 4.69) is 10.1 Å². The minimum atomic E-state index is -2.46. The fourth-order valence-corrected chi connectivity index (χ4v) is 4.51. The van der Waals surface area contributed by atoms with Crippen molar-refractivity contribution in [1.29, 1.82) is 0 Å². The molecule has 9 heteroatoms. The topological polar surface area (TPSA) is 57.0 Å². The van der Waals surface area contributed by atoms with E-state index >= 15 is 0 Å². The number of rotatable bonds is 6. The van der Waals surface area contributed by atoms with Crippen molar-refractivity contribution in [3.05, 3.63) is 35.4 Å². The minimum absolute atomic E-state index is 0.257. The van der Waals surface area contributed by atoms with Gasteiger partial charge in [0.2, 0.25) is 0 Å². The third-order valence-electron chi connectivity index (χ3n) is 2.60. The Hall–Kier alpha value is -1.46. The summed E-state index contributed by atoms with van der Waals surface area (Å²) in [4.78, 5) is 15.8. The second kappa shape index (κ2) is 7.70. The zero-order valence-electron chi connectivity index (χ0n) is 11.6. The van der Waals surface area contributed by atoms with E-state index in [1.807, 2.05) is 0 Å². The van der Waals surface area contributed by atoms with Crippen molar-refractivity contribution in [2.24, 2.45) is 0 Å². The number of pyridine rings is 1. The normalized spacial score (nSPS) is 11.5. The van der Waals surface area contributed by atoms with Gasteiger partial charge in [-0.1, -0.05) is 0 Å². The maximum absolute atomic E-state index is 12.3. The van der Waals surface area contributed by atoms with E-state index < -0.39 is 34.7 Å². The molecule has 0 N–H and O–H groups in total. The molecule has 1 unspecified atom stereocenters. The third-order valence-corrected chi connectivity index (χ3v) is 5.39. The number of aromatic nitrogens is 3. The van der Waals surface area contributed by atoms with E-state index in [-0.39, 0.29) is 11.8 Å². The number of halogens is 3. The van der Waals surface area contributed by atoms with Gasteiger partial charge in [-0.15, -0.1) is 0 Å². The first-order chi connectivity index (χ1) is 10.5. The van der Waals surface area contributed by atoms with Crippen LogP contribution in [0.15, 0.2) is 24.7 Å². The fraction of sp³-hybridized carbons (Fsp3) is 0.308. The summed E-state index contributed by atoms with van der Waals surface area (Å²) < 4.78 is 32.4. The molecule has 22 heavy (non-hydrogen) atoms. The molecular weight excluding hydrogens is 379 g/mol. The predicted octanol–water partition coefficient (Wildman–Crippen LogP) is 0.761. The van der Waals surface area contributed by atoms with Gasteiger partial charge in [0.1, 0.15) is 0 Å². The van der Waals surface area contributed by atoms with Gasteiger partial charge in [0, 0.05) is 0 Å². The van der Waals surface area contributed by atoms with Crippen molar-refractivity contribution >= 4 is 42.0 Å². The van der Waals surface area contributed by atoms with Crippen LogP contribution in [-0.4, -0.2) is 49.5 Å². The molecule has 0 aliphatic rings. The number of carbonyl (C=O) groups is 1. The molecule has 0 fully saturated rings. The molecule has 2 heterocycles. The Morgan fingerprint density at radius 2 is 2.27 bits per heavy atom. The molecule has 2 aromatic heterocycles. The molecule has 118 valence electrons. The Kier molecular flexibility index (Phi) is 5.91. The average Bonchev–Trinajstić information content (AvgIpc) is 2.85. The number of hydrogen-bond acceptors (Lipinski definition) is 4. The van der Waals surface area contributed by atoms with Gasteiger partial charge in [-0.3, -0.25) is 0 Å². The third kappa shape index (κ3) is 4.52. The molecule has 0 aromatic carbocycles. The van der Waals surface area contributed by atoms with Crippen LogP contribution in [0.5, 0.6) is 0 Å². The zero-order valence-corrected chi connectivity index (χ0v) is 14.4. The molecule has 0 spiro atoms. The molecule has 1 atom stereocenters. The van der Waals surface area contributed by atoms with Crippen LogP contribution in [0.3, 0.4) is 0 Å². The van der Waals surface area contributed by atoms with Crippen molar-refractivity contribution in [1.82, 2.24) is 14.8 Å². The SMILES string of the molecule is CCOC(=O)c1cnc(Cl)cc1[AsH]c1cnn(CC(F)F)c1. The first-order valence-electron chi connectivity index (χ1n) is 6.40.